The van der Waals surface area contributed by atoms with Crippen LogP contribution in [0.3, 0.4) is 0 Å². The fraction of sp³-hybridized carbons (Fsp3) is 0.517. The number of hydrogen-bond donors (Lipinski definition) is 15. The maximum Gasteiger partial charge on any atom is 0.472 e. The summed E-state index contributed by atoms with van der Waals surface area (Å²) < 4.78 is 223. The molecule has 12 aromatic rings. The topological polar surface area (TPSA) is 842 Å². The predicted octanol–water partition coefficient (Wildman–Crippen LogP) is -1.97. The van der Waals surface area contributed by atoms with Gasteiger partial charge in [0.15, 0.2) is 136 Å². The number of nitrogen functional groups attached to an aromatic ring is 6. The summed E-state index contributed by atoms with van der Waals surface area (Å²) in [7, 11) is -15.3. The van der Waals surface area contributed by atoms with Crippen molar-refractivity contribution in [2.75, 3.05) is 74.0 Å². The van der Waals surface area contributed by atoms with Crippen molar-refractivity contribution >= 4 is 181 Å². The maximum atomic E-state index is 15.9. The molecule has 6 bridgehead atoms. The summed E-state index contributed by atoms with van der Waals surface area (Å²) in [5.74, 6) is -0.757. The van der Waals surface area contributed by atoms with Crippen LogP contribution in [0.2, 0.25) is 0 Å². The van der Waals surface area contributed by atoms with Crippen LogP contribution in [0.4, 0.5) is 57.3 Å². The van der Waals surface area contributed by atoms with Gasteiger partial charge in [-0.2, -0.15) is 29.0 Å². The van der Waals surface area contributed by atoms with Gasteiger partial charge < -0.3 is 115 Å². The molecule has 9 aliphatic rings. The van der Waals surface area contributed by atoms with Gasteiger partial charge in [-0.15, -0.1) is 15.3 Å². The number of H-pyrrole nitrogens is 3. The number of hydrogen-bond acceptors (Lipinski definition) is 50. The molecule has 9 saturated heterocycles. The second kappa shape index (κ2) is 35.6. The number of halogens is 5. The first-order chi connectivity index (χ1) is 63.5. The molecule has 720 valence electrons. The van der Waals surface area contributed by atoms with E-state index in [2.05, 4.69) is 101 Å². The molecule has 62 nitrogen and oxygen atoms in total. The minimum atomic E-state index is -5.17. The number of nitrogens with two attached hydrogens (primary N) is 6. The number of phosphoric ester groups is 3. The third-order valence-electron chi connectivity index (χ3n) is 21.4. The average molecular weight is 2070 g/mol. The van der Waals surface area contributed by atoms with Crippen molar-refractivity contribution in [1.29, 1.82) is 0 Å². The maximum absolute atomic E-state index is 15.9. The molecule has 0 spiro atoms. The Labute approximate surface area is 750 Å². The fourth-order valence-corrected chi connectivity index (χ4v) is 22.6. The minimum Gasteiger partial charge on any atom is -0.383 e. The number of phosphoric acid groups is 3. The van der Waals surface area contributed by atoms with E-state index in [4.69, 9.17) is 153 Å². The number of alkyl halides is 5. The summed E-state index contributed by atoms with van der Waals surface area (Å²) in [4.78, 5) is 152. The van der Waals surface area contributed by atoms with E-state index in [0.29, 0.717) is 5.39 Å². The summed E-state index contributed by atoms with van der Waals surface area (Å²) in [6, 6.07) is 1.55. The van der Waals surface area contributed by atoms with Crippen LogP contribution >= 0.6 is 43.6 Å². The Balaban J connectivity index is 0.000000129. The van der Waals surface area contributed by atoms with E-state index in [1.165, 1.54) is 17.1 Å². The summed E-state index contributed by atoms with van der Waals surface area (Å²) >= 11 is 15.5. The van der Waals surface area contributed by atoms with E-state index < -0.39 is 241 Å². The second-order valence-electron chi connectivity index (χ2n) is 29.9. The van der Waals surface area contributed by atoms with Crippen LogP contribution in [-0.2, 0) is 132 Å². The Morgan fingerprint density at radius 1 is 0.366 bits per heavy atom. The number of nitrogens with one attached hydrogen (secondary N) is 3. The van der Waals surface area contributed by atoms with Crippen molar-refractivity contribution in [3.63, 3.8) is 0 Å². The van der Waals surface area contributed by atoms with Gasteiger partial charge in [-0.3, -0.25) is 74.7 Å². The molecular weight excluding hydrogens is 2000 g/mol. The van der Waals surface area contributed by atoms with E-state index in [1.54, 1.807) is 6.07 Å². The largest absolute Gasteiger partial charge is 0.472 e. The van der Waals surface area contributed by atoms with E-state index >= 15 is 22.0 Å². The van der Waals surface area contributed by atoms with Crippen LogP contribution in [0.25, 0.3) is 66.9 Å². The van der Waals surface area contributed by atoms with Crippen LogP contribution < -0.4 is 51.1 Å². The van der Waals surface area contributed by atoms with Gasteiger partial charge in [0.05, 0.1) is 63.8 Å². The molecule has 0 aliphatic carbocycles. The summed E-state index contributed by atoms with van der Waals surface area (Å²) in [6.07, 6.45) is -31.7. The lowest BCUT2D eigenvalue weighted by Gasteiger charge is -2.27. The number of anilines is 6. The van der Waals surface area contributed by atoms with Crippen molar-refractivity contribution in [3.8, 4) is 0 Å². The Bertz CT molecular complexity index is 6830. The van der Waals surface area contributed by atoms with Crippen LogP contribution in [0, 0.1) is 0 Å². The van der Waals surface area contributed by atoms with Gasteiger partial charge in [0.2, 0.25) is 17.8 Å². The first kappa shape index (κ1) is 93.7. The lowest BCUT2D eigenvalue weighted by molar-refractivity contribution is -0.0665. The zero-order chi connectivity index (χ0) is 94.6. The number of ether oxygens (including phenoxy) is 6. The van der Waals surface area contributed by atoms with Crippen LogP contribution in [0.5, 0.6) is 0 Å². The quantitative estimate of drug-likeness (QED) is 0.0634. The highest BCUT2D eigenvalue weighted by Gasteiger charge is 2.59. The van der Waals surface area contributed by atoms with Crippen molar-refractivity contribution in [3.05, 3.63) is 75.0 Å². The minimum absolute atomic E-state index is 0.0251. The van der Waals surface area contributed by atoms with Crippen LogP contribution in [0.1, 0.15) is 43.8 Å². The van der Waals surface area contributed by atoms with Gasteiger partial charge in [0, 0.05) is 12.6 Å². The SMILES string of the molecule is Nc1nc2c(ncn2[C@@H]2O[C@@H]3COP(=O)(O)O[C@H]4[C@H](F)[C@H](n5nnc6c(N)ncnc65)O[C@@H]4COP(O)(=S)O[C@@H]2[C@@H]3F)c(=O)[nH]1.Nc1nc2c(ncn2[C@@H]2O[C@@H]3COP(=O)(O)O[C@H]4[C@H](F)[C@H](n5nnc6c(N)ncnc65)O[C@@H]4COP(O)(=S)O[C@@H]2[C@@H]3F)c(=O)[nH]1.Nc1nc2c(nnn2[C@@H]2O[C@@H]3COP(=O)(O)O[C@H]4[C@H](F)[C@H](n5ccc6c(N)ncnc65)O[C@@H]4COP(O)(=S)O[C@@H]2C3)c(=O)[nH]1. The molecule has 9 aliphatic heterocycles. The van der Waals surface area contributed by atoms with Gasteiger partial charge in [-0.25, -0.2) is 75.5 Å². The molecule has 0 aromatic carbocycles. The van der Waals surface area contributed by atoms with Gasteiger partial charge in [0.25, 0.3) is 16.7 Å². The van der Waals surface area contributed by atoms with Crippen molar-refractivity contribution in [2.45, 2.75) is 148 Å². The van der Waals surface area contributed by atoms with Crippen molar-refractivity contribution in [2.24, 2.45) is 0 Å². The Hall–Kier alpha value is -9.31. The van der Waals surface area contributed by atoms with Gasteiger partial charge in [-0.1, -0.05) is 15.6 Å². The molecular formula is C58H65F5N32O30P6S3. The molecule has 21 N–H and O–H groups in total. The van der Waals surface area contributed by atoms with Crippen LogP contribution in [0.15, 0.2) is 58.3 Å². The standard InChI is InChI=1S/C20H23FN10O10P2S.2C19H21F2N11O10P2S/c21-11-13-10(39-19(11)30-2-1-8-14(22)24-6-25-15(8)30)5-37-43(35,44)40-9-3-7(4-36-42(33,34)41-13)38-18(9)31-16-12(28-29-31)17(32)27-20(23)26-16;2*20-7-5-1-37-43(34,35)41-11-6(40-17(8(11)21)32-14-9(29-30-32)13(22)24-3-25-14)2-38-44(36,45)42-12(7)18(39-5)31-4-26-10-15(31)27-19(23)28-16(10)33/h1-2,6-7,9-11,13,18-19H,3-5H2,(H,33,34)(H,35,44)(H2,22,24,25)(H3,23,26,27,32);2*3-8,11-12,17-18H,1-2H2,(H,34,35)(H,36,45)(H2,22,24,25)(H3,23,27,28,33)/t7-,9+,10+,11-,13+,18+,19+,43?;2*5-,6-,7-,8+,11-,12-,17-,18-,44?/m011/s1. The molecule has 6 unspecified atom stereocenters. The first-order valence-electron chi connectivity index (χ1n) is 38.4. The zero-order valence-corrected chi connectivity index (χ0v) is 74.1. The fourth-order valence-electron chi connectivity index (χ4n) is 15.5. The summed E-state index contributed by atoms with van der Waals surface area (Å²) in [6.45, 7) is -17.5. The number of aromatic nitrogens is 26. The van der Waals surface area contributed by atoms with Gasteiger partial charge in [-0.05, 0) is 41.5 Å². The highest BCUT2D eigenvalue weighted by atomic mass is 32.5. The van der Waals surface area contributed by atoms with E-state index in [1.807, 2.05) is 0 Å². The second-order valence-corrected chi connectivity index (χ2v) is 42.5. The van der Waals surface area contributed by atoms with Crippen molar-refractivity contribution in [1.82, 2.24) is 128 Å². The number of nitrogens with zero attached hydrogens (tertiary/aromatic N) is 23. The monoisotopic (exact) mass is 2070 g/mol. The predicted molar refractivity (Wildman–Crippen MR) is 439 cm³/mol. The molecule has 9 fully saturated rings. The molecule has 21 heterocycles. The third-order valence-corrected chi connectivity index (χ3v) is 29.0. The normalized spacial score (nSPS) is 37.3. The highest BCUT2D eigenvalue weighted by molar-refractivity contribution is 8.07. The Kier molecular flexibility index (Phi) is 24.9. The molecule has 12 aromatic heterocycles. The van der Waals surface area contributed by atoms with Crippen molar-refractivity contribution < 1.29 is 148 Å². The van der Waals surface area contributed by atoms with Crippen LogP contribution in [-0.4, -0.2) is 302 Å². The molecule has 76 heteroatoms. The Morgan fingerprint density at radius 2 is 0.739 bits per heavy atom. The Morgan fingerprint density at radius 3 is 1.20 bits per heavy atom. The number of rotatable bonds is 6. The number of aromatic amines is 3. The summed E-state index contributed by atoms with van der Waals surface area (Å²) in [5, 5.41) is 23.4. The zero-order valence-electron chi connectivity index (χ0n) is 66.3. The summed E-state index contributed by atoms with van der Waals surface area (Å²) in [5.41, 5.74) is 31.7. The molecule has 134 heavy (non-hydrogen) atoms. The first-order valence-corrected chi connectivity index (χ1v) is 50.6. The molecule has 0 radical (unpaired) electrons. The lowest BCUT2D eigenvalue weighted by Crippen LogP contribution is -2.34. The van der Waals surface area contributed by atoms with Gasteiger partial charge >= 0.3 is 43.6 Å². The molecule has 29 atom stereocenters. The van der Waals surface area contributed by atoms with E-state index in [-0.39, 0.29) is 103 Å². The van der Waals surface area contributed by atoms with E-state index in [0.717, 1.165) is 48.5 Å². The van der Waals surface area contributed by atoms with Gasteiger partial charge in [0.1, 0.15) is 97.6 Å². The molecule has 0 saturated carbocycles. The lowest BCUT2D eigenvalue weighted by atomic mass is 10.1. The molecule has 0 amide bonds. The number of imidazole rings is 2. The number of fused-ring (bicyclic) bond motifs is 15. The molecule has 21 rings (SSSR count). The smallest absolute Gasteiger partial charge is 0.383 e. The average Bonchev–Trinajstić information content (AvgIpc) is 1.61. The third kappa shape index (κ3) is 18.1. The highest BCUT2D eigenvalue weighted by Crippen LogP contribution is 2.59. The van der Waals surface area contributed by atoms with E-state index in [9.17, 15) is 57.4 Å².